The molecular weight excluding hydrogens is 386 g/mol. The molecule has 2 N–H and O–H groups in total. The summed E-state index contributed by atoms with van der Waals surface area (Å²) in [6, 6.07) is 6.14. The van der Waals surface area contributed by atoms with E-state index in [9.17, 15) is 0 Å². The number of aliphatic imine (C=N–C) groups is 1. The summed E-state index contributed by atoms with van der Waals surface area (Å²) in [6.45, 7) is 6.37. The van der Waals surface area contributed by atoms with Gasteiger partial charge in [-0.05, 0) is 45.6 Å². The van der Waals surface area contributed by atoms with Crippen molar-refractivity contribution in [1.29, 1.82) is 0 Å². The van der Waals surface area contributed by atoms with Gasteiger partial charge in [0.05, 0.1) is 31.8 Å². The monoisotopic (exact) mass is 419 g/mol. The Morgan fingerprint density at radius 1 is 1.21 bits per heavy atom. The second-order valence-corrected chi connectivity index (χ2v) is 8.17. The van der Waals surface area contributed by atoms with E-state index >= 15 is 0 Å². The quantitative estimate of drug-likeness (QED) is 0.456. The molecule has 2 rings (SSSR count). The van der Waals surface area contributed by atoms with E-state index in [0.717, 1.165) is 47.5 Å². The minimum Gasteiger partial charge on any atom is -0.493 e. The Labute approximate surface area is 178 Å². The fourth-order valence-electron chi connectivity index (χ4n) is 2.95. The van der Waals surface area contributed by atoms with E-state index in [1.807, 2.05) is 18.3 Å². The van der Waals surface area contributed by atoms with E-state index in [2.05, 4.69) is 54.5 Å². The molecule has 2 aromatic rings. The number of aromatic nitrogens is 1. The van der Waals surface area contributed by atoms with Crippen molar-refractivity contribution in [1.82, 2.24) is 20.5 Å². The fourth-order valence-corrected chi connectivity index (χ4v) is 3.74. The summed E-state index contributed by atoms with van der Waals surface area (Å²) < 4.78 is 10.8. The van der Waals surface area contributed by atoms with E-state index in [1.54, 1.807) is 25.6 Å². The SMILES string of the molecule is CCNC(=NCC(c1ccc(OC)c(OC)c1)N(C)C)NCCc1ncc(C)s1. The molecule has 8 heteroatoms. The number of nitrogens with zero attached hydrogens (tertiary/aromatic N) is 3. The van der Waals surface area contributed by atoms with Crippen LogP contribution in [0.4, 0.5) is 0 Å². The molecule has 0 saturated carbocycles. The maximum atomic E-state index is 5.46. The van der Waals surface area contributed by atoms with E-state index in [4.69, 9.17) is 14.5 Å². The molecule has 0 bridgehead atoms. The lowest BCUT2D eigenvalue weighted by atomic mass is 10.1. The molecule has 1 heterocycles. The van der Waals surface area contributed by atoms with Gasteiger partial charge < -0.3 is 25.0 Å². The van der Waals surface area contributed by atoms with Crippen LogP contribution in [-0.4, -0.2) is 63.8 Å². The number of methoxy groups -OCH3 is 2. The summed E-state index contributed by atoms with van der Waals surface area (Å²) in [6.07, 6.45) is 2.81. The van der Waals surface area contributed by atoms with Crippen LogP contribution >= 0.6 is 11.3 Å². The van der Waals surface area contributed by atoms with Crippen LogP contribution < -0.4 is 20.1 Å². The molecule has 0 aliphatic carbocycles. The molecule has 1 atom stereocenters. The molecule has 0 radical (unpaired) electrons. The van der Waals surface area contributed by atoms with Gasteiger partial charge in [-0.3, -0.25) is 4.99 Å². The standard InChI is InChI=1S/C21H33N5O2S/c1-7-22-21(23-11-10-20-24-13-15(2)29-20)25-14-17(26(3)4)16-8-9-18(27-5)19(12-16)28-6/h8-9,12-13,17H,7,10-11,14H2,1-6H3,(H2,22,23,25). The normalized spacial score (nSPS) is 12.7. The molecule has 7 nitrogen and oxygen atoms in total. The van der Waals surface area contributed by atoms with Crippen LogP contribution in [0.3, 0.4) is 0 Å². The molecular formula is C21H33N5O2S. The molecule has 1 aromatic carbocycles. The van der Waals surface area contributed by atoms with Crippen LogP contribution in [0.1, 0.15) is 28.4 Å². The number of likely N-dealkylation sites (N-methyl/N-ethyl adjacent to an activating group) is 1. The first-order valence-corrected chi connectivity index (χ1v) is 10.6. The Morgan fingerprint density at radius 3 is 2.55 bits per heavy atom. The van der Waals surface area contributed by atoms with Gasteiger partial charge in [-0.2, -0.15) is 0 Å². The zero-order valence-corrected chi connectivity index (χ0v) is 19.1. The third kappa shape index (κ3) is 6.90. The highest BCUT2D eigenvalue weighted by atomic mass is 32.1. The lowest BCUT2D eigenvalue weighted by Crippen LogP contribution is -2.39. The summed E-state index contributed by atoms with van der Waals surface area (Å²) in [7, 11) is 7.41. The topological polar surface area (TPSA) is 71.0 Å². The Morgan fingerprint density at radius 2 is 1.97 bits per heavy atom. The Hall–Kier alpha value is -2.32. The van der Waals surface area contributed by atoms with Gasteiger partial charge in [-0.1, -0.05) is 6.07 Å². The Kier molecular flexibility index (Phi) is 9.21. The summed E-state index contributed by atoms with van der Waals surface area (Å²) in [4.78, 5) is 12.6. The maximum Gasteiger partial charge on any atom is 0.191 e. The van der Waals surface area contributed by atoms with Gasteiger partial charge in [0.15, 0.2) is 17.5 Å². The zero-order chi connectivity index (χ0) is 21.2. The number of nitrogens with one attached hydrogen (secondary N) is 2. The van der Waals surface area contributed by atoms with Crippen LogP contribution in [0, 0.1) is 6.92 Å². The minimum atomic E-state index is 0.117. The molecule has 0 amide bonds. The third-order valence-corrected chi connectivity index (χ3v) is 5.46. The van der Waals surface area contributed by atoms with Gasteiger partial charge in [0, 0.05) is 30.6 Å². The van der Waals surface area contributed by atoms with Gasteiger partial charge in [0.25, 0.3) is 0 Å². The number of rotatable bonds is 10. The minimum absolute atomic E-state index is 0.117. The van der Waals surface area contributed by atoms with Crippen molar-refractivity contribution in [2.45, 2.75) is 26.3 Å². The van der Waals surface area contributed by atoms with Gasteiger partial charge in [0.1, 0.15) is 0 Å². The Bertz CT molecular complexity index is 791. The molecule has 160 valence electrons. The Balaban J connectivity index is 2.06. The van der Waals surface area contributed by atoms with Crippen LogP contribution in [0.25, 0.3) is 0 Å². The molecule has 1 aromatic heterocycles. The van der Waals surface area contributed by atoms with Crippen LogP contribution in [0.5, 0.6) is 11.5 Å². The van der Waals surface area contributed by atoms with Gasteiger partial charge >= 0.3 is 0 Å². The molecule has 0 aliphatic rings. The van der Waals surface area contributed by atoms with Gasteiger partial charge in [-0.15, -0.1) is 11.3 Å². The molecule has 29 heavy (non-hydrogen) atoms. The molecule has 0 aliphatic heterocycles. The first kappa shape index (κ1) is 23.0. The lowest BCUT2D eigenvalue weighted by Gasteiger charge is -2.24. The number of hydrogen-bond acceptors (Lipinski definition) is 6. The van der Waals surface area contributed by atoms with Crippen molar-refractivity contribution in [2.75, 3.05) is 47.9 Å². The average Bonchev–Trinajstić information content (AvgIpc) is 3.12. The second kappa shape index (κ2) is 11.6. The van der Waals surface area contributed by atoms with Crippen molar-refractivity contribution in [3.05, 3.63) is 39.8 Å². The molecule has 0 saturated heterocycles. The second-order valence-electron chi connectivity index (χ2n) is 6.85. The summed E-state index contributed by atoms with van der Waals surface area (Å²) in [5, 5.41) is 7.87. The fraction of sp³-hybridized carbons (Fsp3) is 0.524. The number of hydrogen-bond donors (Lipinski definition) is 2. The highest BCUT2D eigenvalue weighted by molar-refractivity contribution is 7.11. The van der Waals surface area contributed by atoms with Crippen molar-refractivity contribution < 1.29 is 9.47 Å². The van der Waals surface area contributed by atoms with Crippen molar-refractivity contribution in [3.8, 4) is 11.5 Å². The van der Waals surface area contributed by atoms with Crippen LogP contribution in [0.15, 0.2) is 29.4 Å². The van der Waals surface area contributed by atoms with Gasteiger partial charge in [-0.25, -0.2) is 4.98 Å². The smallest absolute Gasteiger partial charge is 0.191 e. The van der Waals surface area contributed by atoms with E-state index < -0.39 is 0 Å². The van der Waals surface area contributed by atoms with E-state index in [-0.39, 0.29) is 6.04 Å². The predicted octanol–water partition coefficient (Wildman–Crippen LogP) is 2.87. The maximum absolute atomic E-state index is 5.46. The number of aryl methyl sites for hydroxylation is 1. The summed E-state index contributed by atoms with van der Waals surface area (Å²) in [5.74, 6) is 2.27. The highest BCUT2D eigenvalue weighted by Crippen LogP contribution is 2.31. The van der Waals surface area contributed by atoms with E-state index in [1.165, 1.54) is 4.88 Å². The first-order valence-electron chi connectivity index (χ1n) is 9.80. The van der Waals surface area contributed by atoms with Crippen molar-refractivity contribution in [3.63, 3.8) is 0 Å². The van der Waals surface area contributed by atoms with Crippen molar-refractivity contribution >= 4 is 17.3 Å². The van der Waals surface area contributed by atoms with Crippen LogP contribution in [0.2, 0.25) is 0 Å². The first-order chi connectivity index (χ1) is 14.0. The van der Waals surface area contributed by atoms with Gasteiger partial charge in [0.2, 0.25) is 0 Å². The summed E-state index contributed by atoms with van der Waals surface area (Å²) in [5.41, 5.74) is 1.13. The molecule has 0 spiro atoms. The largest absolute Gasteiger partial charge is 0.493 e. The van der Waals surface area contributed by atoms with Crippen LogP contribution in [-0.2, 0) is 6.42 Å². The molecule has 0 fully saturated rings. The lowest BCUT2D eigenvalue weighted by molar-refractivity contribution is 0.303. The third-order valence-electron chi connectivity index (χ3n) is 4.48. The van der Waals surface area contributed by atoms with Crippen molar-refractivity contribution in [2.24, 2.45) is 4.99 Å². The highest BCUT2D eigenvalue weighted by Gasteiger charge is 2.16. The number of guanidine groups is 1. The predicted molar refractivity (Wildman–Crippen MR) is 121 cm³/mol. The molecule has 1 unspecified atom stereocenters. The number of ether oxygens (including phenoxy) is 2. The number of benzene rings is 1. The average molecular weight is 420 g/mol. The van der Waals surface area contributed by atoms with E-state index in [0.29, 0.717) is 6.54 Å². The number of thiazole rings is 1. The zero-order valence-electron chi connectivity index (χ0n) is 18.3. The summed E-state index contributed by atoms with van der Waals surface area (Å²) >= 11 is 1.74.